The van der Waals surface area contributed by atoms with Gasteiger partial charge in [-0.1, -0.05) is 29.4 Å². The highest BCUT2D eigenvalue weighted by atomic mass is 19.4. The summed E-state index contributed by atoms with van der Waals surface area (Å²) >= 11 is 0. The Balaban J connectivity index is 1.81. The molecule has 0 aliphatic rings. The highest BCUT2D eigenvalue weighted by Crippen LogP contribution is 2.30. The van der Waals surface area contributed by atoms with Gasteiger partial charge in [0, 0.05) is 11.8 Å². The summed E-state index contributed by atoms with van der Waals surface area (Å²) in [5.74, 6) is -4.22. The van der Waals surface area contributed by atoms with E-state index < -0.39 is 24.2 Å². The van der Waals surface area contributed by atoms with E-state index in [0.717, 1.165) is 0 Å². The molecule has 146 valence electrons. The Morgan fingerprint density at radius 2 is 1.57 bits per heavy atom. The number of nitrogens with zero attached hydrogens (tertiary/aromatic N) is 3. The van der Waals surface area contributed by atoms with Crippen molar-refractivity contribution in [2.75, 3.05) is 5.32 Å². The number of alkyl halides is 6. The Morgan fingerprint density at radius 1 is 0.929 bits per heavy atom. The number of aromatic nitrogens is 3. The van der Waals surface area contributed by atoms with Crippen molar-refractivity contribution in [2.45, 2.75) is 12.4 Å². The zero-order valence-corrected chi connectivity index (χ0v) is 13.5. The van der Waals surface area contributed by atoms with Crippen molar-refractivity contribution in [1.82, 2.24) is 15.1 Å². The number of hydrogen-bond donors (Lipinski definition) is 1. The summed E-state index contributed by atoms with van der Waals surface area (Å²) < 4.78 is 78.6. The number of hydrogen-bond acceptors (Lipinski definition) is 5. The molecule has 0 unspecified atom stereocenters. The maximum absolute atomic E-state index is 12.5. The molecule has 0 atom stereocenters. The van der Waals surface area contributed by atoms with Crippen molar-refractivity contribution in [1.29, 1.82) is 0 Å². The lowest BCUT2D eigenvalue weighted by molar-refractivity contribution is -0.167. The number of benzene rings is 1. The van der Waals surface area contributed by atoms with Gasteiger partial charge in [-0.2, -0.15) is 31.3 Å². The molecule has 28 heavy (non-hydrogen) atoms. The summed E-state index contributed by atoms with van der Waals surface area (Å²) in [4.78, 5) is 17.9. The molecule has 1 aromatic carbocycles. The van der Waals surface area contributed by atoms with Crippen LogP contribution in [-0.2, 0) is 11.0 Å². The number of amides is 1. The van der Waals surface area contributed by atoms with Crippen LogP contribution in [0, 0.1) is 0 Å². The van der Waals surface area contributed by atoms with Crippen molar-refractivity contribution in [3.8, 4) is 22.5 Å². The van der Waals surface area contributed by atoms with Gasteiger partial charge < -0.3 is 9.84 Å². The standard InChI is InChI=1S/C16H8F6N4O2/c17-15(18,19)13(27)24-11-7-10(5-6-23-11)8-1-3-9(4-2-8)12-25-14(28-26-12)16(20,21)22/h1-7H,(H,23,24,27). The van der Waals surface area contributed by atoms with E-state index in [2.05, 4.69) is 19.6 Å². The third-order valence-electron chi connectivity index (χ3n) is 3.40. The molecule has 0 aliphatic carbocycles. The molecule has 3 rings (SSSR count). The number of rotatable bonds is 3. The van der Waals surface area contributed by atoms with Gasteiger partial charge in [0.25, 0.3) is 0 Å². The van der Waals surface area contributed by atoms with Crippen molar-refractivity contribution in [3.63, 3.8) is 0 Å². The second-order valence-corrected chi connectivity index (χ2v) is 5.38. The fourth-order valence-corrected chi connectivity index (χ4v) is 2.13. The molecule has 2 aromatic heterocycles. The zero-order valence-electron chi connectivity index (χ0n) is 13.5. The van der Waals surface area contributed by atoms with E-state index in [9.17, 15) is 31.1 Å². The van der Waals surface area contributed by atoms with Crippen LogP contribution in [0.15, 0.2) is 47.1 Å². The minimum absolute atomic E-state index is 0.239. The molecule has 2 heterocycles. The van der Waals surface area contributed by atoms with Crippen LogP contribution in [0.3, 0.4) is 0 Å². The van der Waals surface area contributed by atoms with Crippen LogP contribution in [0.5, 0.6) is 0 Å². The first-order valence-corrected chi connectivity index (χ1v) is 7.40. The largest absolute Gasteiger partial charge is 0.471 e. The Bertz CT molecular complexity index is 995. The van der Waals surface area contributed by atoms with Gasteiger partial charge in [-0.3, -0.25) is 4.79 Å². The number of carbonyl (C=O) groups excluding carboxylic acids is 1. The lowest BCUT2D eigenvalue weighted by Gasteiger charge is -2.09. The van der Waals surface area contributed by atoms with E-state index in [1.165, 1.54) is 42.6 Å². The molecule has 1 N–H and O–H groups in total. The van der Waals surface area contributed by atoms with Gasteiger partial charge >= 0.3 is 24.2 Å². The number of pyridine rings is 1. The maximum atomic E-state index is 12.5. The second kappa shape index (κ2) is 6.94. The van der Waals surface area contributed by atoms with Gasteiger partial charge in [-0.05, 0) is 23.3 Å². The first kappa shape index (κ1) is 19.3. The molecular weight excluding hydrogens is 394 g/mol. The maximum Gasteiger partial charge on any atom is 0.471 e. The fraction of sp³-hybridized carbons (Fsp3) is 0.125. The van der Waals surface area contributed by atoms with Gasteiger partial charge in [0.05, 0.1) is 0 Å². The zero-order chi connectivity index (χ0) is 20.5. The smallest absolute Gasteiger partial charge is 0.329 e. The molecule has 3 aromatic rings. The summed E-state index contributed by atoms with van der Waals surface area (Å²) in [6.07, 6.45) is -8.62. The molecule has 1 amide bonds. The van der Waals surface area contributed by atoms with Gasteiger partial charge in [0.15, 0.2) is 0 Å². The summed E-state index contributed by atoms with van der Waals surface area (Å²) in [6, 6.07) is 8.50. The number of halogens is 6. The van der Waals surface area contributed by atoms with E-state index in [4.69, 9.17) is 0 Å². The van der Waals surface area contributed by atoms with Crippen LogP contribution in [-0.4, -0.2) is 27.2 Å². The van der Waals surface area contributed by atoms with E-state index in [1.54, 1.807) is 5.32 Å². The first-order chi connectivity index (χ1) is 13.0. The van der Waals surface area contributed by atoms with E-state index >= 15 is 0 Å². The summed E-state index contributed by atoms with van der Waals surface area (Å²) in [5.41, 5.74) is 1.17. The van der Waals surface area contributed by atoms with Crippen LogP contribution < -0.4 is 5.32 Å². The van der Waals surface area contributed by atoms with Gasteiger partial charge in [0.2, 0.25) is 5.82 Å². The Kier molecular flexibility index (Phi) is 4.79. The van der Waals surface area contributed by atoms with Crippen molar-refractivity contribution < 1.29 is 35.7 Å². The third-order valence-corrected chi connectivity index (χ3v) is 3.40. The van der Waals surface area contributed by atoms with Gasteiger partial charge in [-0.15, -0.1) is 0 Å². The molecule has 0 spiro atoms. The first-order valence-electron chi connectivity index (χ1n) is 7.40. The fourth-order valence-electron chi connectivity index (χ4n) is 2.13. The topological polar surface area (TPSA) is 80.9 Å². The summed E-state index contributed by atoms with van der Waals surface area (Å²) in [5, 5.41) is 4.89. The Morgan fingerprint density at radius 3 is 2.14 bits per heavy atom. The quantitative estimate of drug-likeness (QED) is 0.660. The lowest BCUT2D eigenvalue weighted by Crippen LogP contribution is -2.30. The minimum atomic E-state index is -5.06. The lowest BCUT2D eigenvalue weighted by atomic mass is 10.0. The monoisotopic (exact) mass is 402 g/mol. The van der Waals surface area contributed by atoms with E-state index in [0.29, 0.717) is 11.1 Å². The molecule has 0 saturated carbocycles. The Labute approximate surface area is 152 Å². The van der Waals surface area contributed by atoms with Crippen molar-refractivity contribution in [3.05, 3.63) is 48.5 Å². The number of anilines is 1. The van der Waals surface area contributed by atoms with Crippen molar-refractivity contribution >= 4 is 11.7 Å². The van der Waals surface area contributed by atoms with Crippen LogP contribution >= 0.6 is 0 Å². The van der Waals surface area contributed by atoms with Crippen LogP contribution in [0.4, 0.5) is 32.2 Å². The molecule has 0 bridgehead atoms. The predicted molar refractivity (Wildman–Crippen MR) is 82.7 cm³/mol. The second-order valence-electron chi connectivity index (χ2n) is 5.38. The number of nitrogens with one attached hydrogen (secondary N) is 1. The highest BCUT2D eigenvalue weighted by molar-refractivity contribution is 5.94. The SMILES string of the molecule is O=C(Nc1cc(-c2ccc(-c3noc(C(F)(F)F)n3)cc2)ccn1)C(F)(F)F. The normalized spacial score (nSPS) is 12.1. The molecule has 0 aliphatic heterocycles. The molecule has 6 nitrogen and oxygen atoms in total. The van der Waals surface area contributed by atoms with Crippen LogP contribution in [0.2, 0.25) is 0 Å². The van der Waals surface area contributed by atoms with Gasteiger partial charge in [-0.25, -0.2) is 4.98 Å². The Hall–Kier alpha value is -3.44. The average Bonchev–Trinajstić information content (AvgIpc) is 3.12. The number of carbonyl (C=O) groups is 1. The highest BCUT2D eigenvalue weighted by Gasteiger charge is 2.39. The van der Waals surface area contributed by atoms with Crippen LogP contribution in [0.1, 0.15) is 5.89 Å². The van der Waals surface area contributed by atoms with Gasteiger partial charge in [0.1, 0.15) is 5.82 Å². The summed E-state index contributed by atoms with van der Waals surface area (Å²) in [6.45, 7) is 0. The molecule has 0 saturated heterocycles. The molecule has 12 heteroatoms. The minimum Gasteiger partial charge on any atom is -0.329 e. The summed E-state index contributed by atoms with van der Waals surface area (Å²) in [7, 11) is 0. The van der Waals surface area contributed by atoms with E-state index in [-0.39, 0.29) is 17.2 Å². The third kappa shape index (κ3) is 4.27. The molecule has 0 fully saturated rings. The predicted octanol–water partition coefficient (Wildman–Crippen LogP) is 4.32. The molecule has 0 radical (unpaired) electrons. The average molecular weight is 402 g/mol. The van der Waals surface area contributed by atoms with Crippen LogP contribution in [0.25, 0.3) is 22.5 Å². The van der Waals surface area contributed by atoms with E-state index in [1.807, 2.05) is 0 Å². The molecular formula is C16H8F6N4O2. The van der Waals surface area contributed by atoms with Crippen molar-refractivity contribution in [2.24, 2.45) is 0 Å².